The van der Waals surface area contributed by atoms with E-state index in [1.54, 1.807) is 0 Å². The summed E-state index contributed by atoms with van der Waals surface area (Å²) in [4.78, 5) is 0. The topological polar surface area (TPSA) is 0 Å². The lowest BCUT2D eigenvalue weighted by molar-refractivity contribution is -0.928. The summed E-state index contributed by atoms with van der Waals surface area (Å²) in [6.07, 6.45) is 27.9. The minimum Gasteiger partial charge on any atom is -0.303 e. The average Bonchev–Trinajstić information content (AvgIpc) is 2.66. The third-order valence-electron chi connectivity index (χ3n) is 5.94. The summed E-state index contributed by atoms with van der Waals surface area (Å²) in [5.41, 5.74) is 0. The van der Waals surface area contributed by atoms with Gasteiger partial charge < -0.3 is 4.48 Å². The first-order valence-electron chi connectivity index (χ1n) is 12.1. The van der Waals surface area contributed by atoms with Gasteiger partial charge in [-0.3, -0.25) is 0 Å². The van der Waals surface area contributed by atoms with E-state index in [2.05, 4.69) is 49.3 Å². The van der Waals surface area contributed by atoms with Crippen LogP contribution in [0.2, 0.25) is 0 Å². The molecule has 0 amide bonds. The molecule has 1 nitrogen and oxygen atoms in total. The fraction of sp³-hybridized carbons (Fsp3) is 0.920. The van der Waals surface area contributed by atoms with Crippen LogP contribution < -0.4 is 0 Å². The Kier molecular flexibility index (Phi) is 19.7. The molecular formula is C25H49IN+. The van der Waals surface area contributed by atoms with Crippen LogP contribution in [0.3, 0.4) is 0 Å². The van der Waals surface area contributed by atoms with Gasteiger partial charge in [0.05, 0.1) is 13.1 Å². The van der Waals surface area contributed by atoms with Crippen molar-refractivity contribution in [3.8, 4) is 12.3 Å². The fourth-order valence-electron chi connectivity index (χ4n) is 4.11. The van der Waals surface area contributed by atoms with Gasteiger partial charge in [0.2, 0.25) is 0 Å². The first kappa shape index (κ1) is 27.2. The molecule has 0 aliphatic heterocycles. The number of nitrogens with zero attached hydrogens (tertiary/aromatic N) is 1. The van der Waals surface area contributed by atoms with Gasteiger partial charge in [-0.1, -0.05) is 85.0 Å². The number of alkyl halides is 1. The van der Waals surface area contributed by atoms with E-state index < -0.39 is 0 Å². The molecule has 0 saturated heterocycles. The van der Waals surface area contributed by atoms with Gasteiger partial charge in [-0.05, 0) is 60.6 Å². The summed E-state index contributed by atoms with van der Waals surface area (Å²) in [7, 11) is 0. The number of unbranched alkanes of at least 4 members (excludes halogenated alkanes) is 12. The maximum atomic E-state index is 5.85. The Labute approximate surface area is 186 Å². The SMILES string of the molecule is C#CC[N+](CCCCCCCCC)(CCCCCCCCC)C(I)CCC. The van der Waals surface area contributed by atoms with Crippen LogP contribution in [-0.4, -0.2) is 28.2 Å². The molecule has 0 radical (unpaired) electrons. The summed E-state index contributed by atoms with van der Waals surface area (Å²) >= 11 is 2.72. The van der Waals surface area contributed by atoms with E-state index >= 15 is 0 Å². The van der Waals surface area contributed by atoms with Crippen LogP contribution in [0.25, 0.3) is 0 Å². The van der Waals surface area contributed by atoms with Gasteiger partial charge in [0.25, 0.3) is 0 Å². The van der Waals surface area contributed by atoms with Crippen molar-refractivity contribution in [2.45, 2.75) is 128 Å². The standard InChI is InChI=1S/C25H49IN/c1-5-9-11-13-15-17-19-23-27(22-8-4,25(26)21-7-3)24-20-18-16-14-12-10-6-2/h4,25H,5-7,9-24H2,1-3H3/q+1. The largest absolute Gasteiger partial charge is 0.303 e. The van der Waals surface area contributed by atoms with Crippen LogP contribution in [0.1, 0.15) is 124 Å². The summed E-state index contributed by atoms with van der Waals surface area (Å²) in [6.45, 7) is 10.4. The van der Waals surface area contributed by atoms with E-state index in [4.69, 9.17) is 6.42 Å². The van der Waals surface area contributed by atoms with E-state index in [1.165, 1.54) is 120 Å². The first-order valence-corrected chi connectivity index (χ1v) is 13.3. The van der Waals surface area contributed by atoms with Gasteiger partial charge in [0.1, 0.15) is 10.6 Å². The van der Waals surface area contributed by atoms with Gasteiger partial charge in [0, 0.05) is 6.42 Å². The van der Waals surface area contributed by atoms with E-state index in [0.29, 0.717) is 4.05 Å². The minimum atomic E-state index is 0.684. The molecule has 0 spiro atoms. The normalized spacial score (nSPS) is 12.9. The molecule has 1 unspecified atom stereocenters. The minimum absolute atomic E-state index is 0.684. The van der Waals surface area contributed by atoms with Crippen LogP contribution in [0.5, 0.6) is 0 Å². The van der Waals surface area contributed by atoms with E-state index in [1.807, 2.05) is 0 Å². The summed E-state index contributed by atoms with van der Waals surface area (Å²) < 4.78 is 1.86. The molecule has 0 aliphatic rings. The number of hydrogen-bond acceptors (Lipinski definition) is 0. The quantitative estimate of drug-likeness (QED) is 0.0401. The predicted molar refractivity (Wildman–Crippen MR) is 132 cm³/mol. The Hall–Kier alpha value is 0.250. The van der Waals surface area contributed by atoms with Crippen molar-refractivity contribution in [2.24, 2.45) is 0 Å². The Morgan fingerprint density at radius 3 is 1.44 bits per heavy atom. The highest BCUT2D eigenvalue weighted by Gasteiger charge is 2.32. The van der Waals surface area contributed by atoms with Crippen molar-refractivity contribution >= 4 is 22.6 Å². The lowest BCUT2D eigenvalue weighted by Gasteiger charge is -2.42. The highest BCUT2D eigenvalue weighted by atomic mass is 127. The highest BCUT2D eigenvalue weighted by molar-refractivity contribution is 14.1. The molecule has 0 bridgehead atoms. The van der Waals surface area contributed by atoms with Crippen LogP contribution in [0.15, 0.2) is 0 Å². The second kappa shape index (κ2) is 19.6. The second-order valence-corrected chi connectivity index (χ2v) is 9.93. The molecule has 0 aromatic heterocycles. The molecule has 0 fully saturated rings. The van der Waals surface area contributed by atoms with Crippen LogP contribution >= 0.6 is 22.6 Å². The lowest BCUT2D eigenvalue weighted by atomic mass is 10.1. The number of terminal acetylenes is 1. The van der Waals surface area contributed by atoms with Crippen LogP contribution in [-0.2, 0) is 0 Å². The van der Waals surface area contributed by atoms with E-state index in [9.17, 15) is 0 Å². The molecule has 0 aliphatic carbocycles. The van der Waals surface area contributed by atoms with Crippen molar-refractivity contribution in [1.29, 1.82) is 0 Å². The molecular weight excluding hydrogens is 441 g/mol. The van der Waals surface area contributed by atoms with E-state index in [0.717, 1.165) is 6.54 Å². The zero-order valence-corrected chi connectivity index (χ0v) is 21.1. The van der Waals surface area contributed by atoms with Gasteiger partial charge in [0.15, 0.2) is 0 Å². The molecule has 0 aromatic carbocycles. The van der Waals surface area contributed by atoms with Crippen molar-refractivity contribution < 1.29 is 4.48 Å². The Balaban J connectivity index is 4.43. The van der Waals surface area contributed by atoms with Gasteiger partial charge in [-0.25, -0.2) is 0 Å². The van der Waals surface area contributed by atoms with Crippen LogP contribution in [0.4, 0.5) is 0 Å². The molecule has 2 heteroatoms. The van der Waals surface area contributed by atoms with Crippen molar-refractivity contribution in [3.63, 3.8) is 0 Å². The van der Waals surface area contributed by atoms with Crippen molar-refractivity contribution in [1.82, 2.24) is 0 Å². The smallest absolute Gasteiger partial charge is 0.141 e. The molecule has 0 heterocycles. The first-order chi connectivity index (χ1) is 13.2. The monoisotopic (exact) mass is 490 g/mol. The summed E-state index contributed by atoms with van der Waals surface area (Å²) in [6, 6.07) is 0. The van der Waals surface area contributed by atoms with Gasteiger partial charge in [-0.2, -0.15) is 0 Å². The van der Waals surface area contributed by atoms with E-state index in [-0.39, 0.29) is 0 Å². The molecule has 0 rings (SSSR count). The summed E-state index contributed by atoms with van der Waals surface area (Å²) in [5.74, 6) is 3.05. The Bertz CT molecular complexity index is 329. The molecule has 27 heavy (non-hydrogen) atoms. The Morgan fingerprint density at radius 2 is 1.07 bits per heavy atom. The third-order valence-corrected chi connectivity index (χ3v) is 7.75. The molecule has 1 atom stereocenters. The van der Waals surface area contributed by atoms with Gasteiger partial charge >= 0.3 is 0 Å². The highest BCUT2D eigenvalue weighted by Crippen LogP contribution is 2.27. The number of rotatable bonds is 20. The Morgan fingerprint density at radius 1 is 0.667 bits per heavy atom. The maximum Gasteiger partial charge on any atom is 0.141 e. The fourth-order valence-corrected chi connectivity index (χ4v) is 5.49. The molecule has 0 aromatic rings. The van der Waals surface area contributed by atoms with Crippen molar-refractivity contribution in [2.75, 3.05) is 19.6 Å². The molecule has 160 valence electrons. The predicted octanol–water partition coefficient (Wildman–Crippen LogP) is 8.50. The third kappa shape index (κ3) is 14.0. The number of halogens is 1. The van der Waals surface area contributed by atoms with Gasteiger partial charge in [-0.15, -0.1) is 6.42 Å². The average molecular weight is 491 g/mol. The zero-order chi connectivity index (χ0) is 20.2. The molecule has 0 N–H and O–H groups in total. The number of hydrogen-bond donors (Lipinski definition) is 0. The molecule has 0 saturated carbocycles. The summed E-state index contributed by atoms with van der Waals surface area (Å²) in [5, 5.41) is 0. The zero-order valence-electron chi connectivity index (χ0n) is 18.9. The van der Waals surface area contributed by atoms with Crippen molar-refractivity contribution in [3.05, 3.63) is 0 Å². The van der Waals surface area contributed by atoms with Crippen LogP contribution in [0, 0.1) is 12.3 Å². The number of quaternary nitrogens is 1. The lowest BCUT2D eigenvalue weighted by Crippen LogP contribution is -2.54. The second-order valence-electron chi connectivity index (χ2n) is 8.49. The maximum absolute atomic E-state index is 5.85.